The monoisotopic (exact) mass is 319 g/mol. The van der Waals surface area contributed by atoms with Crippen LogP contribution in [0.4, 0.5) is 5.82 Å². The topological polar surface area (TPSA) is 56.1 Å². The van der Waals surface area contributed by atoms with E-state index in [2.05, 4.69) is 10.4 Å². The largest absolute Gasteiger partial charge is 0.480 e. The predicted molar refractivity (Wildman–Crippen MR) is 91.5 cm³/mol. The zero-order valence-electron chi connectivity index (χ0n) is 13.2. The number of hydrogen-bond donors (Lipinski definition) is 1. The van der Waals surface area contributed by atoms with Crippen LogP contribution in [0.25, 0.3) is 5.69 Å². The highest BCUT2D eigenvalue weighted by Gasteiger charge is 2.36. The SMILES string of the molecule is CC1c2ccccc2OC1C(=O)Nc1ccn(-c2ccccc2)n1. The van der Waals surface area contributed by atoms with Crippen molar-refractivity contribution < 1.29 is 9.53 Å². The quantitative estimate of drug-likeness (QED) is 0.805. The van der Waals surface area contributed by atoms with Crippen molar-refractivity contribution in [2.45, 2.75) is 18.9 Å². The smallest absolute Gasteiger partial charge is 0.267 e. The molecule has 0 spiro atoms. The molecule has 120 valence electrons. The zero-order valence-corrected chi connectivity index (χ0v) is 13.2. The van der Waals surface area contributed by atoms with Crippen LogP contribution >= 0.6 is 0 Å². The van der Waals surface area contributed by atoms with Crippen LogP contribution in [0, 0.1) is 0 Å². The van der Waals surface area contributed by atoms with Gasteiger partial charge in [-0.05, 0) is 18.2 Å². The molecule has 1 aliphatic rings. The van der Waals surface area contributed by atoms with Gasteiger partial charge in [0.25, 0.3) is 5.91 Å². The maximum atomic E-state index is 12.6. The number of rotatable bonds is 3. The third-order valence-electron chi connectivity index (χ3n) is 4.24. The predicted octanol–water partition coefficient (Wildman–Crippen LogP) is 3.38. The standard InChI is InChI=1S/C19H17N3O2/c1-13-15-9-5-6-10-16(15)24-18(13)19(23)20-17-11-12-22(21-17)14-7-3-2-4-8-14/h2-13,18H,1H3,(H,20,21,23). The fraction of sp³-hybridized carbons (Fsp3) is 0.158. The molecule has 5 heteroatoms. The first-order valence-corrected chi connectivity index (χ1v) is 7.90. The second-order valence-electron chi connectivity index (χ2n) is 5.84. The number of hydrogen-bond acceptors (Lipinski definition) is 3. The number of carbonyl (C=O) groups excluding carboxylic acids is 1. The van der Waals surface area contributed by atoms with Crippen molar-refractivity contribution in [3.05, 3.63) is 72.4 Å². The Morgan fingerprint density at radius 3 is 2.62 bits per heavy atom. The van der Waals surface area contributed by atoms with Crippen LogP contribution in [0.5, 0.6) is 5.75 Å². The molecule has 0 saturated heterocycles. The second kappa shape index (κ2) is 5.85. The van der Waals surface area contributed by atoms with Crippen molar-refractivity contribution in [1.82, 2.24) is 9.78 Å². The molecule has 2 aromatic carbocycles. The lowest BCUT2D eigenvalue weighted by Crippen LogP contribution is -2.33. The average Bonchev–Trinajstić information content (AvgIpc) is 3.21. The van der Waals surface area contributed by atoms with Crippen molar-refractivity contribution in [1.29, 1.82) is 0 Å². The summed E-state index contributed by atoms with van der Waals surface area (Å²) in [5, 5.41) is 7.24. The van der Waals surface area contributed by atoms with Gasteiger partial charge in [-0.15, -0.1) is 0 Å². The molecule has 0 saturated carbocycles. The van der Waals surface area contributed by atoms with Gasteiger partial charge in [-0.25, -0.2) is 4.68 Å². The molecule has 1 N–H and O–H groups in total. The summed E-state index contributed by atoms with van der Waals surface area (Å²) < 4.78 is 7.52. The molecule has 2 unspecified atom stereocenters. The van der Waals surface area contributed by atoms with Crippen LogP contribution in [0.1, 0.15) is 18.4 Å². The van der Waals surface area contributed by atoms with Crippen LogP contribution in [0.2, 0.25) is 0 Å². The van der Waals surface area contributed by atoms with Crippen molar-refractivity contribution >= 4 is 11.7 Å². The fourth-order valence-electron chi connectivity index (χ4n) is 2.96. The molecule has 2 atom stereocenters. The first-order valence-electron chi connectivity index (χ1n) is 7.90. The summed E-state index contributed by atoms with van der Waals surface area (Å²) in [6.45, 7) is 2.00. The Bertz CT molecular complexity index is 873. The van der Waals surface area contributed by atoms with Crippen LogP contribution < -0.4 is 10.1 Å². The summed E-state index contributed by atoms with van der Waals surface area (Å²) in [5.41, 5.74) is 2.00. The van der Waals surface area contributed by atoms with E-state index >= 15 is 0 Å². The van der Waals surface area contributed by atoms with Gasteiger partial charge < -0.3 is 10.1 Å². The number of nitrogens with one attached hydrogen (secondary N) is 1. The number of nitrogens with zero attached hydrogens (tertiary/aromatic N) is 2. The van der Waals surface area contributed by atoms with Gasteiger partial charge >= 0.3 is 0 Å². The van der Waals surface area contributed by atoms with Crippen molar-refractivity contribution in [3.8, 4) is 11.4 Å². The lowest BCUT2D eigenvalue weighted by molar-refractivity contribution is -0.122. The Balaban J connectivity index is 1.49. The molecule has 0 radical (unpaired) electrons. The molecule has 5 nitrogen and oxygen atoms in total. The van der Waals surface area contributed by atoms with Crippen LogP contribution in [-0.2, 0) is 4.79 Å². The highest BCUT2D eigenvalue weighted by atomic mass is 16.5. The highest BCUT2D eigenvalue weighted by molar-refractivity contribution is 5.95. The molecule has 0 bridgehead atoms. The van der Waals surface area contributed by atoms with Gasteiger partial charge in [0.2, 0.25) is 0 Å². The Morgan fingerprint density at radius 1 is 1.08 bits per heavy atom. The van der Waals surface area contributed by atoms with E-state index in [0.29, 0.717) is 5.82 Å². The summed E-state index contributed by atoms with van der Waals surface area (Å²) in [4.78, 5) is 12.6. The highest BCUT2D eigenvalue weighted by Crippen LogP contribution is 2.37. The molecule has 0 fully saturated rings. The minimum atomic E-state index is -0.538. The third-order valence-corrected chi connectivity index (χ3v) is 4.24. The number of anilines is 1. The third kappa shape index (κ3) is 2.54. The molecular weight excluding hydrogens is 302 g/mol. The molecule has 1 aromatic heterocycles. The van der Waals surface area contributed by atoms with E-state index in [0.717, 1.165) is 17.0 Å². The van der Waals surface area contributed by atoms with E-state index in [1.165, 1.54) is 0 Å². The summed E-state index contributed by atoms with van der Waals surface area (Å²) in [6, 6.07) is 19.3. The number of fused-ring (bicyclic) bond motifs is 1. The molecule has 3 aromatic rings. The van der Waals surface area contributed by atoms with Crippen molar-refractivity contribution in [2.75, 3.05) is 5.32 Å². The number of carbonyl (C=O) groups is 1. The minimum absolute atomic E-state index is 0.0115. The molecule has 24 heavy (non-hydrogen) atoms. The van der Waals surface area contributed by atoms with Gasteiger partial charge in [-0.3, -0.25) is 4.79 Å². The summed E-state index contributed by atoms with van der Waals surface area (Å²) in [6.07, 6.45) is 1.28. The summed E-state index contributed by atoms with van der Waals surface area (Å²) >= 11 is 0. The molecule has 1 aliphatic heterocycles. The van der Waals surface area contributed by atoms with E-state index in [4.69, 9.17) is 4.74 Å². The molecule has 2 heterocycles. The molecular formula is C19H17N3O2. The Morgan fingerprint density at radius 2 is 1.83 bits per heavy atom. The Kier molecular flexibility index (Phi) is 3.54. The summed E-state index contributed by atoms with van der Waals surface area (Å²) in [5.74, 6) is 1.12. The first kappa shape index (κ1) is 14.5. The van der Waals surface area contributed by atoms with Crippen molar-refractivity contribution in [2.24, 2.45) is 0 Å². The average molecular weight is 319 g/mol. The van der Waals surface area contributed by atoms with Gasteiger partial charge in [-0.1, -0.05) is 43.3 Å². The number of ether oxygens (including phenoxy) is 1. The van der Waals surface area contributed by atoms with Gasteiger partial charge in [0.1, 0.15) is 5.75 Å². The number of aromatic nitrogens is 2. The maximum Gasteiger partial charge on any atom is 0.267 e. The molecule has 4 rings (SSSR count). The van der Waals surface area contributed by atoms with E-state index < -0.39 is 6.10 Å². The normalized spacial score (nSPS) is 18.7. The fourth-order valence-corrected chi connectivity index (χ4v) is 2.96. The van der Waals surface area contributed by atoms with Crippen molar-refractivity contribution in [3.63, 3.8) is 0 Å². The van der Waals surface area contributed by atoms with E-state index in [1.807, 2.05) is 67.7 Å². The maximum absolute atomic E-state index is 12.6. The minimum Gasteiger partial charge on any atom is -0.480 e. The van der Waals surface area contributed by atoms with Gasteiger partial charge in [-0.2, -0.15) is 5.10 Å². The molecule has 1 amide bonds. The van der Waals surface area contributed by atoms with Gasteiger partial charge in [0, 0.05) is 23.7 Å². The first-order chi connectivity index (χ1) is 11.7. The van der Waals surface area contributed by atoms with Crippen LogP contribution in [0.3, 0.4) is 0 Å². The summed E-state index contributed by atoms with van der Waals surface area (Å²) in [7, 11) is 0. The second-order valence-corrected chi connectivity index (χ2v) is 5.84. The molecule has 0 aliphatic carbocycles. The van der Waals surface area contributed by atoms with Gasteiger partial charge in [0.15, 0.2) is 11.9 Å². The zero-order chi connectivity index (χ0) is 16.5. The Labute approximate surface area is 139 Å². The van der Waals surface area contributed by atoms with Gasteiger partial charge in [0.05, 0.1) is 5.69 Å². The number of para-hydroxylation sites is 2. The van der Waals surface area contributed by atoms with E-state index in [1.54, 1.807) is 10.7 Å². The number of amides is 1. The lowest BCUT2D eigenvalue weighted by Gasteiger charge is -2.14. The number of benzene rings is 2. The van der Waals surface area contributed by atoms with E-state index in [-0.39, 0.29) is 11.8 Å². The van der Waals surface area contributed by atoms with Crippen LogP contribution in [0.15, 0.2) is 66.9 Å². The Hall–Kier alpha value is -3.08. The van der Waals surface area contributed by atoms with Crippen LogP contribution in [-0.4, -0.2) is 21.8 Å². The lowest BCUT2D eigenvalue weighted by atomic mass is 9.97. The van der Waals surface area contributed by atoms with E-state index in [9.17, 15) is 4.79 Å².